The molecule has 138 valence electrons. The summed E-state index contributed by atoms with van der Waals surface area (Å²) in [6.07, 6.45) is 0. The van der Waals surface area contributed by atoms with Crippen LogP contribution in [0.1, 0.15) is 11.8 Å². The van der Waals surface area contributed by atoms with Gasteiger partial charge >= 0.3 is 0 Å². The number of rotatable bonds is 6. The summed E-state index contributed by atoms with van der Waals surface area (Å²) in [6, 6.07) is 17.3. The number of nitrogens with zero attached hydrogens (tertiary/aromatic N) is 1. The Kier molecular flexibility index (Phi) is 6.26. The van der Waals surface area contributed by atoms with Crippen LogP contribution in [-0.2, 0) is 9.59 Å². The molecule has 0 saturated heterocycles. The number of amides is 2. The second-order valence-corrected chi connectivity index (χ2v) is 8.02. The number of thiazole rings is 1. The Bertz CT molecular complexity index is 955. The molecular formula is C20H19N3O2S2. The number of thioether (sulfide) groups is 1. The van der Waals surface area contributed by atoms with Crippen molar-refractivity contribution in [2.45, 2.75) is 18.7 Å². The molecule has 0 radical (unpaired) electrons. The highest BCUT2D eigenvalue weighted by Gasteiger charge is 2.13. The van der Waals surface area contributed by atoms with Gasteiger partial charge in [0.15, 0.2) is 5.13 Å². The van der Waals surface area contributed by atoms with E-state index in [1.807, 2.05) is 61.5 Å². The fourth-order valence-electron chi connectivity index (χ4n) is 2.50. The Balaban J connectivity index is 1.63. The zero-order valence-electron chi connectivity index (χ0n) is 15.0. The van der Waals surface area contributed by atoms with Crippen LogP contribution in [0.5, 0.6) is 0 Å². The van der Waals surface area contributed by atoms with Crippen LogP contribution in [0.15, 0.2) is 59.5 Å². The number of carbonyl (C=O) groups is 2. The molecule has 0 fully saturated rings. The smallest absolute Gasteiger partial charge is 0.236 e. The molecule has 0 spiro atoms. The van der Waals surface area contributed by atoms with E-state index in [0.717, 1.165) is 21.0 Å². The lowest BCUT2D eigenvalue weighted by atomic mass is 10.1. The van der Waals surface area contributed by atoms with Crippen molar-refractivity contribution in [2.24, 2.45) is 0 Å². The predicted molar refractivity (Wildman–Crippen MR) is 112 cm³/mol. The van der Waals surface area contributed by atoms with Crippen molar-refractivity contribution < 1.29 is 9.59 Å². The van der Waals surface area contributed by atoms with Gasteiger partial charge in [-0.2, -0.15) is 0 Å². The molecule has 2 aromatic carbocycles. The quantitative estimate of drug-likeness (QED) is 0.586. The lowest BCUT2D eigenvalue weighted by Crippen LogP contribution is -2.14. The Morgan fingerprint density at radius 1 is 1.04 bits per heavy atom. The van der Waals surface area contributed by atoms with Crippen molar-refractivity contribution in [1.29, 1.82) is 0 Å². The van der Waals surface area contributed by atoms with Crippen LogP contribution < -0.4 is 10.6 Å². The van der Waals surface area contributed by atoms with Gasteiger partial charge in [-0.05, 0) is 19.1 Å². The van der Waals surface area contributed by atoms with E-state index < -0.39 is 0 Å². The second-order valence-electron chi connectivity index (χ2n) is 5.80. The van der Waals surface area contributed by atoms with E-state index in [1.54, 1.807) is 0 Å². The molecule has 0 aliphatic carbocycles. The molecule has 1 heterocycles. The number of benzene rings is 2. The Morgan fingerprint density at radius 3 is 2.48 bits per heavy atom. The molecule has 5 nitrogen and oxygen atoms in total. The summed E-state index contributed by atoms with van der Waals surface area (Å²) in [5.41, 5.74) is 2.63. The van der Waals surface area contributed by atoms with Crippen LogP contribution in [-0.4, -0.2) is 22.6 Å². The monoisotopic (exact) mass is 397 g/mol. The molecule has 0 bridgehead atoms. The summed E-state index contributed by atoms with van der Waals surface area (Å²) in [5.74, 6) is -0.0409. The number of anilines is 2. The number of hydrogen-bond acceptors (Lipinski definition) is 5. The molecule has 0 aliphatic heterocycles. The molecule has 27 heavy (non-hydrogen) atoms. The average molecular weight is 398 g/mol. The van der Waals surface area contributed by atoms with E-state index in [2.05, 4.69) is 15.6 Å². The number of nitrogens with one attached hydrogen (secondary N) is 2. The predicted octanol–water partition coefficient (Wildman–Crippen LogP) is 4.81. The minimum Gasteiger partial charge on any atom is -0.325 e. The zero-order chi connectivity index (χ0) is 19.2. The third-order valence-electron chi connectivity index (χ3n) is 3.65. The van der Waals surface area contributed by atoms with E-state index in [9.17, 15) is 9.59 Å². The lowest BCUT2D eigenvalue weighted by Gasteiger charge is -2.09. The maximum Gasteiger partial charge on any atom is 0.236 e. The van der Waals surface area contributed by atoms with Crippen LogP contribution in [0.2, 0.25) is 0 Å². The largest absolute Gasteiger partial charge is 0.325 e. The maximum absolute atomic E-state index is 12.3. The zero-order valence-corrected chi connectivity index (χ0v) is 16.6. The highest BCUT2D eigenvalue weighted by molar-refractivity contribution is 8.00. The lowest BCUT2D eigenvalue weighted by molar-refractivity contribution is -0.114. The van der Waals surface area contributed by atoms with Crippen molar-refractivity contribution >= 4 is 45.7 Å². The maximum atomic E-state index is 12.3. The van der Waals surface area contributed by atoms with E-state index in [0.29, 0.717) is 10.8 Å². The number of para-hydroxylation sites is 1. The fraction of sp³-hybridized carbons (Fsp3) is 0.150. The first-order valence-corrected chi connectivity index (χ1v) is 10.2. The molecule has 0 atom stereocenters. The molecule has 2 amide bonds. The molecule has 1 aromatic heterocycles. The number of aromatic nitrogens is 1. The van der Waals surface area contributed by atoms with E-state index in [1.165, 1.54) is 30.0 Å². The van der Waals surface area contributed by atoms with Crippen molar-refractivity contribution in [3.8, 4) is 11.3 Å². The van der Waals surface area contributed by atoms with Gasteiger partial charge in [-0.3, -0.25) is 9.59 Å². The SMILES string of the molecule is CC(=O)Nc1ccccc1SCC(=O)Nc1nc(-c2ccccc2)c(C)s1. The third kappa shape index (κ3) is 5.18. The van der Waals surface area contributed by atoms with Crippen LogP contribution in [0.3, 0.4) is 0 Å². The molecule has 3 aromatic rings. The second kappa shape index (κ2) is 8.83. The standard InChI is InChI=1S/C20H19N3O2S2/c1-13-19(15-8-4-3-5-9-15)23-20(27-13)22-18(25)12-26-17-11-7-6-10-16(17)21-14(2)24/h3-11H,12H2,1-2H3,(H,21,24)(H,22,23,25). The summed E-state index contributed by atoms with van der Waals surface area (Å²) >= 11 is 2.84. The van der Waals surface area contributed by atoms with Gasteiger partial charge in [0.05, 0.1) is 17.1 Å². The number of hydrogen-bond donors (Lipinski definition) is 2. The van der Waals surface area contributed by atoms with Crippen molar-refractivity contribution in [3.05, 3.63) is 59.5 Å². The summed E-state index contributed by atoms with van der Waals surface area (Å²) in [7, 11) is 0. The summed E-state index contributed by atoms with van der Waals surface area (Å²) in [6.45, 7) is 3.46. The van der Waals surface area contributed by atoms with Gasteiger partial charge in [0.25, 0.3) is 0 Å². The first-order valence-electron chi connectivity index (χ1n) is 8.35. The van der Waals surface area contributed by atoms with Gasteiger partial charge in [-0.25, -0.2) is 4.98 Å². The molecule has 2 N–H and O–H groups in total. The molecule has 0 saturated carbocycles. The minimum atomic E-state index is -0.140. The van der Waals surface area contributed by atoms with Crippen molar-refractivity contribution in [1.82, 2.24) is 4.98 Å². The summed E-state index contributed by atoms with van der Waals surface area (Å²) in [4.78, 5) is 30.1. The normalized spacial score (nSPS) is 10.4. The van der Waals surface area contributed by atoms with Gasteiger partial charge in [-0.1, -0.05) is 42.5 Å². The molecule has 0 aliphatic rings. The van der Waals surface area contributed by atoms with Gasteiger partial charge in [0.2, 0.25) is 11.8 Å². The highest BCUT2D eigenvalue weighted by Crippen LogP contribution is 2.31. The van der Waals surface area contributed by atoms with Gasteiger partial charge < -0.3 is 10.6 Å². The molecule has 0 unspecified atom stereocenters. The molecule has 7 heteroatoms. The van der Waals surface area contributed by atoms with E-state index in [4.69, 9.17) is 0 Å². The summed E-state index contributed by atoms with van der Waals surface area (Å²) in [5, 5.41) is 6.23. The molecule has 3 rings (SSSR count). The Labute approximate surface area is 166 Å². The number of aryl methyl sites for hydroxylation is 1. The molecular weight excluding hydrogens is 378 g/mol. The van der Waals surface area contributed by atoms with Gasteiger partial charge in [0, 0.05) is 22.3 Å². The van der Waals surface area contributed by atoms with Crippen LogP contribution in [0.25, 0.3) is 11.3 Å². The van der Waals surface area contributed by atoms with Gasteiger partial charge in [-0.15, -0.1) is 23.1 Å². The number of carbonyl (C=O) groups excluding carboxylic acids is 2. The third-order valence-corrected chi connectivity index (χ3v) is 5.61. The van der Waals surface area contributed by atoms with E-state index in [-0.39, 0.29) is 17.6 Å². The first kappa shape index (κ1) is 19.1. The van der Waals surface area contributed by atoms with Crippen molar-refractivity contribution in [2.75, 3.05) is 16.4 Å². The Morgan fingerprint density at radius 2 is 1.74 bits per heavy atom. The van der Waals surface area contributed by atoms with Gasteiger partial charge in [0.1, 0.15) is 0 Å². The highest BCUT2D eigenvalue weighted by atomic mass is 32.2. The minimum absolute atomic E-state index is 0.133. The fourth-order valence-corrected chi connectivity index (χ4v) is 4.16. The van der Waals surface area contributed by atoms with Crippen LogP contribution in [0, 0.1) is 6.92 Å². The Hall–Kier alpha value is -2.64. The summed E-state index contributed by atoms with van der Waals surface area (Å²) < 4.78 is 0. The van der Waals surface area contributed by atoms with E-state index >= 15 is 0 Å². The van der Waals surface area contributed by atoms with Crippen molar-refractivity contribution in [3.63, 3.8) is 0 Å². The van der Waals surface area contributed by atoms with Crippen LogP contribution in [0.4, 0.5) is 10.8 Å². The first-order chi connectivity index (χ1) is 13.0. The topological polar surface area (TPSA) is 71.1 Å². The average Bonchev–Trinajstić information content (AvgIpc) is 3.01. The van der Waals surface area contributed by atoms with Crippen LogP contribution >= 0.6 is 23.1 Å².